The summed E-state index contributed by atoms with van der Waals surface area (Å²) in [7, 11) is -4.01. The Morgan fingerprint density at radius 2 is 1.76 bits per heavy atom. The number of hydrogen-bond acceptors (Lipinski definition) is 5. The molecule has 10 heteroatoms. The molecule has 0 fully saturated rings. The molecule has 0 radical (unpaired) electrons. The number of aromatic hydroxyl groups is 1. The largest absolute Gasteiger partial charge is 0.741 e. The molecule has 0 bridgehead atoms. The number of rotatable bonds is 2. The third-order valence-electron chi connectivity index (χ3n) is 4.87. The third-order valence-corrected chi connectivity index (χ3v) is 5.43. The zero-order valence-corrected chi connectivity index (χ0v) is 18.4. The van der Waals surface area contributed by atoms with Crippen LogP contribution in [0, 0.1) is 6.92 Å². The standard InChI is InChI=1S/C22H18N2O.CHF3O3S/c1-15-6-11-20-17(14-15)8-10-18(24(20)2)9-7-16-12-13-23-22-19(16)4-3-5-21(22)25;2-1(3,4)8(5,6)7/h3-14H,1-2H3;(H,5,6,7). The summed E-state index contributed by atoms with van der Waals surface area (Å²) >= 11 is 0. The molecule has 172 valence electrons. The van der Waals surface area contributed by atoms with Crippen LogP contribution in [0.2, 0.25) is 0 Å². The van der Waals surface area contributed by atoms with Crippen molar-refractivity contribution in [2.24, 2.45) is 7.05 Å². The number of phenolic OH excluding ortho intramolecular Hbond substituents is 1. The van der Waals surface area contributed by atoms with E-state index in [9.17, 15) is 18.3 Å². The number of nitrogens with zero attached hydrogens (tertiary/aromatic N) is 2. The van der Waals surface area contributed by atoms with Crippen LogP contribution >= 0.6 is 0 Å². The lowest BCUT2D eigenvalue weighted by Gasteiger charge is -2.08. The van der Waals surface area contributed by atoms with E-state index in [1.54, 1.807) is 12.3 Å². The molecule has 0 spiro atoms. The van der Waals surface area contributed by atoms with Crippen molar-refractivity contribution in [1.82, 2.24) is 4.98 Å². The Bertz CT molecular complexity index is 1470. The van der Waals surface area contributed by atoms with Crippen LogP contribution in [-0.4, -0.2) is 28.6 Å². The second-order valence-electron chi connectivity index (χ2n) is 7.19. The van der Waals surface area contributed by atoms with Crippen LogP contribution in [0.15, 0.2) is 60.8 Å². The van der Waals surface area contributed by atoms with Crippen molar-refractivity contribution in [1.29, 1.82) is 0 Å². The SMILES string of the molecule is Cc1ccc2c(ccc(C=Cc3ccnc4c(O)cccc34)[n+]2C)c1.O=S(=O)([O-])C(F)(F)F. The molecule has 0 saturated carbocycles. The summed E-state index contributed by atoms with van der Waals surface area (Å²) in [6, 6.07) is 18.2. The molecule has 4 rings (SSSR count). The van der Waals surface area contributed by atoms with Crippen LogP contribution in [0.3, 0.4) is 0 Å². The van der Waals surface area contributed by atoms with E-state index in [0.717, 1.165) is 16.6 Å². The highest BCUT2D eigenvalue weighted by atomic mass is 32.2. The van der Waals surface area contributed by atoms with Gasteiger partial charge in [-0.3, -0.25) is 4.98 Å². The average Bonchev–Trinajstić information content (AvgIpc) is 2.73. The van der Waals surface area contributed by atoms with E-state index < -0.39 is 15.6 Å². The van der Waals surface area contributed by atoms with Gasteiger partial charge in [0.1, 0.15) is 18.3 Å². The van der Waals surface area contributed by atoms with Crippen LogP contribution in [-0.2, 0) is 17.2 Å². The van der Waals surface area contributed by atoms with E-state index in [-0.39, 0.29) is 5.75 Å². The van der Waals surface area contributed by atoms with Gasteiger partial charge in [-0.1, -0.05) is 23.8 Å². The summed E-state index contributed by atoms with van der Waals surface area (Å²) < 4.78 is 61.1. The average molecular weight is 476 g/mol. The van der Waals surface area contributed by atoms with Crippen molar-refractivity contribution in [3.05, 3.63) is 77.6 Å². The summed E-state index contributed by atoms with van der Waals surface area (Å²) in [6.45, 7) is 2.11. The topological polar surface area (TPSA) is 94.2 Å². The molecular formula is C23H19F3N2O4S. The minimum Gasteiger partial charge on any atom is -0.741 e. The molecule has 0 aliphatic rings. The predicted octanol–water partition coefficient (Wildman–Crippen LogP) is 4.45. The van der Waals surface area contributed by atoms with Gasteiger partial charge >= 0.3 is 5.51 Å². The summed E-state index contributed by atoms with van der Waals surface area (Å²) in [5.74, 6) is 0.208. The van der Waals surface area contributed by atoms with Crippen LogP contribution in [0.25, 0.3) is 34.0 Å². The molecule has 1 N–H and O–H groups in total. The minimum absolute atomic E-state index is 0.208. The van der Waals surface area contributed by atoms with Gasteiger partial charge in [-0.15, -0.1) is 0 Å². The van der Waals surface area contributed by atoms with Gasteiger partial charge in [0.25, 0.3) is 0 Å². The lowest BCUT2D eigenvalue weighted by molar-refractivity contribution is -0.646. The first-order valence-corrected chi connectivity index (χ1v) is 11.0. The Hall–Kier alpha value is -3.50. The van der Waals surface area contributed by atoms with Crippen LogP contribution in [0.4, 0.5) is 13.2 Å². The van der Waals surface area contributed by atoms with Gasteiger partial charge in [0, 0.05) is 35.2 Å². The monoisotopic (exact) mass is 476 g/mol. The Labute approximate surface area is 188 Å². The van der Waals surface area contributed by atoms with Crippen molar-refractivity contribution >= 4 is 44.1 Å². The van der Waals surface area contributed by atoms with E-state index in [4.69, 9.17) is 13.0 Å². The number of para-hydroxylation sites is 1. The fourth-order valence-corrected chi connectivity index (χ4v) is 3.21. The summed E-state index contributed by atoms with van der Waals surface area (Å²) in [5.41, 5.74) is -0.411. The first-order chi connectivity index (χ1) is 15.4. The number of fused-ring (bicyclic) bond motifs is 2. The van der Waals surface area contributed by atoms with Crippen molar-refractivity contribution in [3.63, 3.8) is 0 Å². The zero-order valence-electron chi connectivity index (χ0n) is 17.5. The summed E-state index contributed by atoms with van der Waals surface area (Å²) in [5, 5.41) is 12.2. The lowest BCUT2D eigenvalue weighted by atomic mass is 10.1. The number of aromatic nitrogens is 2. The van der Waals surface area contributed by atoms with Gasteiger partial charge in [0.15, 0.2) is 10.1 Å². The smallest absolute Gasteiger partial charge is 0.485 e. The van der Waals surface area contributed by atoms with Gasteiger partial charge in [-0.25, -0.2) is 8.42 Å². The van der Waals surface area contributed by atoms with E-state index in [2.05, 4.69) is 66.0 Å². The molecule has 0 saturated heterocycles. The number of aryl methyl sites for hydroxylation is 2. The first-order valence-electron chi connectivity index (χ1n) is 9.55. The maximum Gasteiger partial charge on any atom is 0.485 e. The Kier molecular flexibility index (Phi) is 6.71. The Morgan fingerprint density at radius 3 is 2.42 bits per heavy atom. The molecule has 2 heterocycles. The maximum atomic E-state index is 10.7. The molecule has 2 aromatic heterocycles. The zero-order chi connectivity index (χ0) is 24.4. The third kappa shape index (κ3) is 5.47. The van der Waals surface area contributed by atoms with Gasteiger partial charge in [0.2, 0.25) is 11.2 Å². The van der Waals surface area contributed by atoms with E-state index in [1.807, 2.05) is 18.2 Å². The maximum absolute atomic E-state index is 10.7. The predicted molar refractivity (Wildman–Crippen MR) is 118 cm³/mol. The molecule has 4 aromatic rings. The number of pyridine rings is 2. The number of phenols is 1. The highest BCUT2D eigenvalue weighted by Gasteiger charge is 2.36. The minimum atomic E-state index is -6.09. The quantitative estimate of drug-likeness (QED) is 0.262. The molecule has 0 unspecified atom stereocenters. The van der Waals surface area contributed by atoms with Gasteiger partial charge in [-0.05, 0) is 42.8 Å². The summed E-state index contributed by atoms with van der Waals surface area (Å²) in [6.07, 6.45) is 5.89. The first kappa shape index (κ1) is 24.1. The second kappa shape index (κ2) is 9.16. The molecule has 0 aliphatic heterocycles. The van der Waals surface area contributed by atoms with Gasteiger partial charge in [0.05, 0.1) is 0 Å². The fraction of sp³-hybridized carbons (Fsp3) is 0.130. The van der Waals surface area contributed by atoms with Gasteiger partial charge < -0.3 is 9.66 Å². The molecular weight excluding hydrogens is 457 g/mol. The van der Waals surface area contributed by atoms with Gasteiger partial charge in [-0.2, -0.15) is 17.7 Å². The highest BCUT2D eigenvalue weighted by Crippen LogP contribution is 2.26. The van der Waals surface area contributed by atoms with Crippen molar-refractivity contribution in [2.45, 2.75) is 12.4 Å². The van der Waals surface area contributed by atoms with E-state index >= 15 is 0 Å². The molecule has 33 heavy (non-hydrogen) atoms. The molecule has 0 aliphatic carbocycles. The molecule has 6 nitrogen and oxygen atoms in total. The van der Waals surface area contributed by atoms with Crippen LogP contribution in [0.5, 0.6) is 5.75 Å². The van der Waals surface area contributed by atoms with Crippen molar-refractivity contribution in [3.8, 4) is 5.75 Å². The molecule has 2 aromatic carbocycles. The normalized spacial score (nSPS) is 12.2. The molecule has 0 atom stereocenters. The summed E-state index contributed by atoms with van der Waals surface area (Å²) in [4.78, 5) is 4.27. The van der Waals surface area contributed by atoms with Crippen molar-refractivity contribution in [2.75, 3.05) is 0 Å². The Morgan fingerprint density at radius 1 is 1.06 bits per heavy atom. The second-order valence-corrected chi connectivity index (χ2v) is 8.56. The van der Waals surface area contributed by atoms with E-state index in [0.29, 0.717) is 5.52 Å². The molecule has 0 amide bonds. The highest BCUT2D eigenvalue weighted by molar-refractivity contribution is 7.86. The van der Waals surface area contributed by atoms with E-state index in [1.165, 1.54) is 16.5 Å². The Balaban J connectivity index is 0.000000331. The number of hydrogen-bond donors (Lipinski definition) is 1. The fourth-order valence-electron chi connectivity index (χ4n) is 3.21. The number of halogens is 3. The lowest BCUT2D eigenvalue weighted by Crippen LogP contribution is -2.32. The number of alkyl halides is 3. The van der Waals surface area contributed by atoms with Crippen LogP contribution < -0.4 is 4.57 Å². The van der Waals surface area contributed by atoms with Crippen LogP contribution in [0.1, 0.15) is 16.8 Å². The number of benzene rings is 2. The van der Waals surface area contributed by atoms with Crippen molar-refractivity contribution < 1.29 is 35.8 Å².